The van der Waals surface area contributed by atoms with Crippen molar-refractivity contribution in [2.24, 2.45) is 0 Å². The van der Waals surface area contributed by atoms with Gasteiger partial charge in [-0.05, 0) is 53.2 Å². The van der Waals surface area contributed by atoms with Gasteiger partial charge in [-0.2, -0.15) is 0 Å². The summed E-state index contributed by atoms with van der Waals surface area (Å²) in [7, 11) is 4.35. The molecule has 0 atom stereocenters. The molecule has 0 radical (unpaired) electrons. The highest BCUT2D eigenvalue weighted by molar-refractivity contribution is 7.11. The third-order valence-electron chi connectivity index (χ3n) is 5.13. The van der Waals surface area contributed by atoms with Gasteiger partial charge in [-0.3, -0.25) is 0 Å². The van der Waals surface area contributed by atoms with Gasteiger partial charge < -0.3 is 29.6 Å². The van der Waals surface area contributed by atoms with Gasteiger partial charge in [-0.15, -0.1) is 22.7 Å². The summed E-state index contributed by atoms with van der Waals surface area (Å²) in [5.41, 5.74) is 1.09. The lowest BCUT2D eigenvalue weighted by Gasteiger charge is -2.19. The molecule has 2 aromatic heterocycles. The second-order valence-corrected chi connectivity index (χ2v) is 9.34. The minimum absolute atomic E-state index is 0.194. The predicted molar refractivity (Wildman–Crippen MR) is 141 cm³/mol. The molecule has 0 bridgehead atoms. The van der Waals surface area contributed by atoms with E-state index in [4.69, 9.17) is 18.9 Å². The van der Waals surface area contributed by atoms with E-state index in [2.05, 4.69) is 10.6 Å². The zero-order valence-corrected chi connectivity index (χ0v) is 21.4. The number of carbonyl (C=O) groups excluding carboxylic acids is 2. The number of ether oxygens (including phenoxy) is 4. The van der Waals surface area contributed by atoms with Crippen molar-refractivity contribution in [2.75, 3.05) is 32.0 Å². The fourth-order valence-corrected chi connectivity index (χ4v) is 5.07. The molecule has 0 aliphatic carbocycles. The van der Waals surface area contributed by atoms with Crippen LogP contribution in [0, 0.1) is 0 Å². The molecule has 4 aromatic rings. The Hall–Kier alpha value is -4.02. The predicted octanol–water partition coefficient (Wildman–Crippen LogP) is 6.43. The summed E-state index contributed by atoms with van der Waals surface area (Å²) in [5, 5.41) is 9.42. The number of benzene rings is 2. The van der Waals surface area contributed by atoms with Gasteiger partial charge in [0, 0.05) is 17.4 Å². The van der Waals surface area contributed by atoms with Crippen molar-refractivity contribution >= 4 is 46.0 Å². The topological polar surface area (TPSA) is 95.1 Å². The average molecular weight is 525 g/mol. The lowest BCUT2D eigenvalue weighted by atomic mass is 10.1. The van der Waals surface area contributed by atoms with Gasteiger partial charge in [0.15, 0.2) is 17.6 Å². The second-order valence-electron chi connectivity index (χ2n) is 7.38. The first-order chi connectivity index (χ1) is 17.5. The van der Waals surface area contributed by atoms with Crippen LogP contribution in [0.15, 0.2) is 71.4 Å². The minimum Gasteiger partial charge on any atom is -0.493 e. The molecule has 0 saturated carbocycles. The summed E-state index contributed by atoms with van der Waals surface area (Å²) >= 11 is 3.14. The lowest BCUT2D eigenvalue weighted by Crippen LogP contribution is -2.20. The van der Waals surface area contributed by atoms with Crippen LogP contribution in [-0.4, -0.2) is 33.3 Å². The monoisotopic (exact) mass is 524 g/mol. The largest absolute Gasteiger partial charge is 0.493 e. The van der Waals surface area contributed by atoms with E-state index >= 15 is 0 Å². The highest BCUT2D eigenvalue weighted by Gasteiger charge is 2.23. The molecule has 0 aliphatic heterocycles. The van der Waals surface area contributed by atoms with Gasteiger partial charge in [-0.1, -0.05) is 12.1 Å². The first-order valence-electron chi connectivity index (χ1n) is 10.8. The SMILES string of the molecule is COC(=O)c1cc(NC(=O)Nc2ccc(OC)c(OC)c2)ccc1OC(c1cccs1)c1cccs1. The maximum atomic E-state index is 12.6. The van der Waals surface area contributed by atoms with Gasteiger partial charge in [0.2, 0.25) is 0 Å². The van der Waals surface area contributed by atoms with Crippen molar-refractivity contribution in [3.8, 4) is 17.2 Å². The van der Waals surface area contributed by atoms with E-state index in [-0.39, 0.29) is 11.7 Å². The molecule has 2 aromatic carbocycles. The number of anilines is 2. The number of methoxy groups -OCH3 is 3. The van der Waals surface area contributed by atoms with Gasteiger partial charge in [0.25, 0.3) is 0 Å². The van der Waals surface area contributed by atoms with E-state index < -0.39 is 12.0 Å². The smallest absolute Gasteiger partial charge is 0.341 e. The third kappa shape index (κ3) is 5.78. The van der Waals surface area contributed by atoms with Gasteiger partial charge in [-0.25, -0.2) is 9.59 Å². The molecule has 2 heterocycles. The van der Waals surface area contributed by atoms with Crippen LogP contribution in [0.3, 0.4) is 0 Å². The molecule has 4 rings (SSSR count). The fraction of sp³-hybridized carbons (Fsp3) is 0.154. The molecule has 0 aliphatic rings. The van der Waals surface area contributed by atoms with Crippen LogP contribution >= 0.6 is 22.7 Å². The number of thiophene rings is 2. The van der Waals surface area contributed by atoms with E-state index in [1.807, 2.05) is 35.0 Å². The van der Waals surface area contributed by atoms with Crippen molar-refractivity contribution in [3.05, 3.63) is 86.7 Å². The number of esters is 1. The summed E-state index contributed by atoms with van der Waals surface area (Å²) in [6.07, 6.45) is -0.374. The number of carbonyl (C=O) groups is 2. The highest BCUT2D eigenvalue weighted by atomic mass is 32.1. The zero-order valence-electron chi connectivity index (χ0n) is 19.8. The summed E-state index contributed by atoms with van der Waals surface area (Å²) in [6, 6.07) is 17.2. The van der Waals surface area contributed by atoms with Crippen LogP contribution in [0.1, 0.15) is 26.2 Å². The van der Waals surface area contributed by atoms with Crippen molar-refractivity contribution in [1.82, 2.24) is 0 Å². The Morgan fingerprint density at radius 2 is 1.33 bits per heavy atom. The molecule has 0 spiro atoms. The second kappa shape index (κ2) is 11.6. The number of amides is 2. The molecule has 10 heteroatoms. The summed E-state index contributed by atoms with van der Waals surface area (Å²) in [5.74, 6) is 0.797. The van der Waals surface area contributed by atoms with Crippen LogP contribution in [-0.2, 0) is 4.74 Å². The number of urea groups is 1. The van der Waals surface area contributed by atoms with Crippen LogP contribution in [0.5, 0.6) is 17.2 Å². The van der Waals surface area contributed by atoms with Crippen molar-refractivity contribution in [1.29, 1.82) is 0 Å². The third-order valence-corrected chi connectivity index (χ3v) is 6.96. The van der Waals surface area contributed by atoms with E-state index in [0.717, 1.165) is 9.75 Å². The van der Waals surface area contributed by atoms with Gasteiger partial charge >= 0.3 is 12.0 Å². The number of nitrogens with one attached hydrogen (secondary N) is 2. The Balaban J connectivity index is 1.55. The zero-order chi connectivity index (χ0) is 25.5. The fourth-order valence-electron chi connectivity index (χ4n) is 3.45. The van der Waals surface area contributed by atoms with E-state index in [1.165, 1.54) is 27.4 Å². The quantitative estimate of drug-likeness (QED) is 0.245. The highest BCUT2D eigenvalue weighted by Crippen LogP contribution is 2.36. The molecular formula is C26H24N2O6S2. The van der Waals surface area contributed by atoms with Crippen molar-refractivity contribution in [3.63, 3.8) is 0 Å². The standard InChI is InChI=1S/C26H24N2O6S2/c1-31-20-11-9-17(15-21(20)32-2)28-26(30)27-16-8-10-19(18(14-16)25(29)33-3)34-24(22-6-4-12-35-22)23-7-5-13-36-23/h4-15,24H,1-3H3,(H2,27,28,30). The molecule has 2 N–H and O–H groups in total. The van der Waals surface area contributed by atoms with Gasteiger partial charge in [0.05, 0.1) is 31.1 Å². The summed E-state index contributed by atoms with van der Waals surface area (Å²) in [6.45, 7) is 0. The normalized spacial score (nSPS) is 10.6. The molecule has 0 unspecified atom stereocenters. The lowest BCUT2D eigenvalue weighted by molar-refractivity contribution is 0.0594. The van der Waals surface area contributed by atoms with E-state index in [0.29, 0.717) is 28.6 Å². The average Bonchev–Trinajstić information content (AvgIpc) is 3.62. The van der Waals surface area contributed by atoms with Crippen LogP contribution in [0.4, 0.5) is 16.2 Å². The van der Waals surface area contributed by atoms with E-state index in [9.17, 15) is 9.59 Å². The Morgan fingerprint density at radius 1 is 0.750 bits per heavy atom. The Morgan fingerprint density at radius 3 is 1.86 bits per heavy atom. The number of hydrogen-bond donors (Lipinski definition) is 2. The van der Waals surface area contributed by atoms with Crippen molar-refractivity contribution < 1.29 is 28.5 Å². The van der Waals surface area contributed by atoms with Crippen molar-refractivity contribution in [2.45, 2.75) is 6.10 Å². The maximum Gasteiger partial charge on any atom is 0.341 e. The summed E-state index contributed by atoms with van der Waals surface area (Å²) < 4.78 is 21.8. The molecule has 0 saturated heterocycles. The Kier molecular flexibility index (Phi) is 8.09. The number of rotatable bonds is 9. The molecular weight excluding hydrogens is 500 g/mol. The van der Waals surface area contributed by atoms with Crippen LogP contribution < -0.4 is 24.8 Å². The minimum atomic E-state index is -0.579. The molecule has 0 fully saturated rings. The van der Waals surface area contributed by atoms with Crippen LogP contribution in [0.25, 0.3) is 0 Å². The van der Waals surface area contributed by atoms with Gasteiger partial charge in [0.1, 0.15) is 11.3 Å². The first kappa shape index (κ1) is 25.1. The number of hydrogen-bond acceptors (Lipinski definition) is 8. The molecule has 2 amide bonds. The Labute approximate surface area is 216 Å². The maximum absolute atomic E-state index is 12.6. The Bertz CT molecular complexity index is 1290. The molecule has 8 nitrogen and oxygen atoms in total. The first-order valence-corrected chi connectivity index (χ1v) is 12.5. The summed E-state index contributed by atoms with van der Waals surface area (Å²) in [4.78, 5) is 27.2. The molecule has 36 heavy (non-hydrogen) atoms. The van der Waals surface area contributed by atoms with E-state index in [1.54, 1.807) is 53.0 Å². The molecule has 186 valence electrons. The van der Waals surface area contributed by atoms with Crippen LogP contribution in [0.2, 0.25) is 0 Å².